The van der Waals surface area contributed by atoms with Crippen LogP contribution in [0, 0.1) is 12.8 Å². The molecule has 1 aromatic carbocycles. The fraction of sp³-hybridized carbons (Fsp3) is 0.467. The minimum absolute atomic E-state index is 0.111. The number of benzene rings is 1. The van der Waals surface area contributed by atoms with Crippen LogP contribution in [0.4, 0.5) is 10.5 Å². The van der Waals surface area contributed by atoms with Crippen molar-refractivity contribution in [1.29, 1.82) is 0 Å². The zero-order valence-corrected chi connectivity index (χ0v) is 11.8. The van der Waals surface area contributed by atoms with Gasteiger partial charge in [-0.05, 0) is 44.2 Å². The molecular formula is C15H20N2O3. The summed E-state index contributed by atoms with van der Waals surface area (Å²) >= 11 is 0. The second kappa shape index (κ2) is 5.94. The van der Waals surface area contributed by atoms with Crippen LogP contribution < -0.4 is 10.6 Å². The van der Waals surface area contributed by atoms with Crippen molar-refractivity contribution >= 4 is 17.7 Å². The summed E-state index contributed by atoms with van der Waals surface area (Å²) in [5.41, 5.74) is 1.28. The molecule has 108 valence electrons. The summed E-state index contributed by atoms with van der Waals surface area (Å²) in [6.45, 7) is 3.98. The maximum Gasteiger partial charge on any atom is 0.337 e. The zero-order valence-electron chi connectivity index (χ0n) is 11.8. The standard InChI is InChI=1S/C15H20N2O3/c1-9-3-5-11(7-9)16-15(20)17-13-6-4-10(2)8-12(13)14(18)19/h4,6,8-9,11H,3,5,7H2,1-2H3,(H,18,19)(H2,16,17,20). The number of hydrogen-bond acceptors (Lipinski definition) is 2. The van der Waals surface area contributed by atoms with Crippen LogP contribution in [0.1, 0.15) is 42.1 Å². The van der Waals surface area contributed by atoms with E-state index in [1.54, 1.807) is 18.2 Å². The fourth-order valence-corrected chi connectivity index (χ4v) is 2.63. The lowest BCUT2D eigenvalue weighted by Gasteiger charge is -2.14. The topological polar surface area (TPSA) is 78.4 Å². The summed E-state index contributed by atoms with van der Waals surface area (Å²) < 4.78 is 0. The molecule has 0 spiro atoms. The number of carbonyl (C=O) groups excluding carboxylic acids is 1. The Labute approximate surface area is 118 Å². The van der Waals surface area contributed by atoms with Crippen LogP contribution >= 0.6 is 0 Å². The van der Waals surface area contributed by atoms with Gasteiger partial charge in [0.2, 0.25) is 0 Å². The van der Waals surface area contributed by atoms with Crippen molar-refractivity contribution in [3.05, 3.63) is 29.3 Å². The Bertz CT molecular complexity index is 528. The van der Waals surface area contributed by atoms with Crippen molar-refractivity contribution < 1.29 is 14.7 Å². The minimum atomic E-state index is -1.04. The number of carbonyl (C=O) groups is 2. The summed E-state index contributed by atoms with van der Waals surface area (Å²) in [6.07, 6.45) is 3.08. The number of rotatable bonds is 3. The molecule has 1 fully saturated rings. The third-order valence-corrected chi connectivity index (χ3v) is 3.68. The normalized spacial score (nSPS) is 21.5. The molecule has 1 aliphatic carbocycles. The van der Waals surface area contributed by atoms with Gasteiger partial charge in [-0.1, -0.05) is 18.6 Å². The Morgan fingerprint density at radius 1 is 1.30 bits per heavy atom. The number of amides is 2. The van der Waals surface area contributed by atoms with Gasteiger partial charge in [-0.2, -0.15) is 0 Å². The molecule has 1 aromatic rings. The SMILES string of the molecule is Cc1ccc(NC(=O)NC2CCC(C)C2)c(C(=O)O)c1. The largest absolute Gasteiger partial charge is 0.478 e. The lowest BCUT2D eigenvalue weighted by molar-refractivity contribution is 0.0698. The van der Waals surface area contributed by atoms with E-state index >= 15 is 0 Å². The number of aromatic carboxylic acids is 1. The molecule has 1 aliphatic rings. The molecule has 20 heavy (non-hydrogen) atoms. The summed E-state index contributed by atoms with van der Waals surface area (Å²) in [5.74, 6) is -0.409. The first kappa shape index (κ1) is 14.4. The van der Waals surface area contributed by atoms with Crippen molar-refractivity contribution in [1.82, 2.24) is 5.32 Å². The van der Waals surface area contributed by atoms with Gasteiger partial charge in [0.15, 0.2) is 0 Å². The minimum Gasteiger partial charge on any atom is -0.478 e. The molecule has 0 heterocycles. The highest BCUT2D eigenvalue weighted by atomic mass is 16.4. The molecule has 2 rings (SSSR count). The highest BCUT2D eigenvalue weighted by Gasteiger charge is 2.23. The van der Waals surface area contributed by atoms with Crippen LogP contribution in [-0.2, 0) is 0 Å². The van der Waals surface area contributed by atoms with Gasteiger partial charge in [0, 0.05) is 6.04 Å². The number of carboxylic acids is 1. The van der Waals surface area contributed by atoms with Crippen molar-refractivity contribution in [2.45, 2.75) is 39.2 Å². The van der Waals surface area contributed by atoms with Gasteiger partial charge in [0.1, 0.15) is 0 Å². The Morgan fingerprint density at radius 2 is 2.05 bits per heavy atom. The number of nitrogens with one attached hydrogen (secondary N) is 2. The van der Waals surface area contributed by atoms with Crippen molar-refractivity contribution in [2.24, 2.45) is 5.92 Å². The molecule has 0 saturated heterocycles. The van der Waals surface area contributed by atoms with Crippen molar-refractivity contribution in [3.63, 3.8) is 0 Å². The van der Waals surface area contributed by atoms with E-state index in [0.29, 0.717) is 11.6 Å². The van der Waals surface area contributed by atoms with E-state index in [0.717, 1.165) is 24.8 Å². The predicted octanol–water partition coefficient (Wildman–Crippen LogP) is 3.00. The average molecular weight is 276 g/mol. The van der Waals surface area contributed by atoms with E-state index in [2.05, 4.69) is 17.6 Å². The molecule has 2 amide bonds. The highest BCUT2D eigenvalue weighted by Crippen LogP contribution is 2.24. The van der Waals surface area contributed by atoms with E-state index < -0.39 is 5.97 Å². The Balaban J connectivity index is 2.02. The summed E-state index contributed by atoms with van der Waals surface area (Å²) in [7, 11) is 0. The van der Waals surface area contributed by atoms with E-state index in [1.165, 1.54) is 0 Å². The van der Waals surface area contributed by atoms with E-state index in [4.69, 9.17) is 5.11 Å². The monoisotopic (exact) mass is 276 g/mol. The molecule has 0 bridgehead atoms. The Hall–Kier alpha value is -2.04. The summed E-state index contributed by atoms with van der Waals surface area (Å²) in [4.78, 5) is 23.1. The van der Waals surface area contributed by atoms with Crippen LogP contribution in [0.2, 0.25) is 0 Å². The third kappa shape index (κ3) is 3.50. The number of aryl methyl sites for hydroxylation is 1. The number of anilines is 1. The van der Waals surface area contributed by atoms with Gasteiger partial charge < -0.3 is 15.7 Å². The van der Waals surface area contributed by atoms with Gasteiger partial charge >= 0.3 is 12.0 Å². The van der Waals surface area contributed by atoms with Crippen LogP contribution in [-0.4, -0.2) is 23.1 Å². The molecule has 0 aromatic heterocycles. The highest BCUT2D eigenvalue weighted by molar-refractivity contribution is 6.00. The van der Waals surface area contributed by atoms with Crippen LogP contribution in [0.5, 0.6) is 0 Å². The molecule has 5 nitrogen and oxygen atoms in total. The maximum absolute atomic E-state index is 11.9. The third-order valence-electron chi connectivity index (χ3n) is 3.68. The second-order valence-electron chi connectivity index (χ2n) is 5.57. The summed E-state index contributed by atoms with van der Waals surface area (Å²) in [5, 5.41) is 14.7. The molecule has 0 radical (unpaired) electrons. The smallest absolute Gasteiger partial charge is 0.337 e. The van der Waals surface area contributed by atoms with E-state index in [-0.39, 0.29) is 17.6 Å². The van der Waals surface area contributed by atoms with Gasteiger partial charge in [-0.25, -0.2) is 9.59 Å². The first-order valence-electron chi connectivity index (χ1n) is 6.87. The number of carboxylic acid groups (broad SMARTS) is 1. The lowest BCUT2D eigenvalue weighted by atomic mass is 10.1. The quantitative estimate of drug-likeness (QED) is 0.794. The molecule has 2 atom stereocenters. The van der Waals surface area contributed by atoms with Gasteiger partial charge in [0.05, 0.1) is 11.3 Å². The van der Waals surface area contributed by atoms with E-state index in [1.807, 2.05) is 6.92 Å². The maximum atomic E-state index is 11.9. The molecule has 5 heteroatoms. The van der Waals surface area contributed by atoms with Crippen LogP contribution in [0.3, 0.4) is 0 Å². The van der Waals surface area contributed by atoms with Crippen molar-refractivity contribution in [3.8, 4) is 0 Å². The average Bonchev–Trinajstić information content (AvgIpc) is 2.76. The molecule has 1 saturated carbocycles. The Morgan fingerprint density at radius 3 is 2.65 bits per heavy atom. The molecule has 2 unspecified atom stereocenters. The van der Waals surface area contributed by atoms with E-state index in [9.17, 15) is 9.59 Å². The predicted molar refractivity (Wildman–Crippen MR) is 77.1 cm³/mol. The molecule has 0 aliphatic heterocycles. The molecular weight excluding hydrogens is 256 g/mol. The first-order chi connectivity index (χ1) is 9.45. The first-order valence-corrected chi connectivity index (χ1v) is 6.87. The Kier molecular flexibility index (Phi) is 4.27. The summed E-state index contributed by atoms with van der Waals surface area (Å²) in [6, 6.07) is 4.80. The van der Waals surface area contributed by atoms with Gasteiger partial charge in [0.25, 0.3) is 0 Å². The zero-order chi connectivity index (χ0) is 14.7. The second-order valence-corrected chi connectivity index (χ2v) is 5.57. The van der Waals surface area contributed by atoms with Gasteiger partial charge in [-0.3, -0.25) is 0 Å². The fourth-order valence-electron chi connectivity index (χ4n) is 2.63. The van der Waals surface area contributed by atoms with Crippen LogP contribution in [0.25, 0.3) is 0 Å². The van der Waals surface area contributed by atoms with Crippen LogP contribution in [0.15, 0.2) is 18.2 Å². The number of urea groups is 1. The lowest BCUT2D eigenvalue weighted by Crippen LogP contribution is -2.36. The molecule has 3 N–H and O–H groups in total. The number of hydrogen-bond donors (Lipinski definition) is 3. The van der Waals surface area contributed by atoms with Gasteiger partial charge in [-0.15, -0.1) is 0 Å². The van der Waals surface area contributed by atoms with Crippen molar-refractivity contribution in [2.75, 3.05) is 5.32 Å².